The summed E-state index contributed by atoms with van der Waals surface area (Å²) in [6.45, 7) is 3.46. The number of benzene rings is 1. The molecule has 1 unspecified atom stereocenters. The molecule has 0 bridgehead atoms. The molecule has 1 aromatic carbocycles. The van der Waals surface area contributed by atoms with Crippen LogP contribution in [0, 0.1) is 0 Å². The third kappa shape index (κ3) is 3.65. The molecule has 0 saturated carbocycles. The Morgan fingerprint density at radius 1 is 1.25 bits per heavy atom. The molecule has 1 aromatic heterocycles. The molecule has 0 radical (unpaired) electrons. The number of aliphatic hydroxyl groups is 1. The summed E-state index contributed by atoms with van der Waals surface area (Å²) in [7, 11) is 2.12. The summed E-state index contributed by atoms with van der Waals surface area (Å²) in [5.41, 5.74) is 2.29. The first kappa shape index (κ1) is 14.7. The van der Waals surface area contributed by atoms with Crippen LogP contribution in [0.15, 0.2) is 36.9 Å². The number of aromatic nitrogens is 3. The first-order valence-electron chi connectivity index (χ1n) is 6.98. The highest BCUT2D eigenvalue weighted by Crippen LogP contribution is 2.20. The van der Waals surface area contributed by atoms with Crippen LogP contribution >= 0.6 is 0 Å². The molecular weight excluding hydrogens is 252 g/mol. The normalized spacial score (nSPS) is 12.8. The van der Waals surface area contributed by atoms with Crippen molar-refractivity contribution in [3.05, 3.63) is 42.5 Å². The number of hydrogen-bond acceptors (Lipinski definition) is 4. The zero-order valence-corrected chi connectivity index (χ0v) is 12.1. The number of aliphatic hydroxyl groups excluding tert-OH is 1. The van der Waals surface area contributed by atoms with Gasteiger partial charge in [0, 0.05) is 12.6 Å². The fraction of sp³-hybridized carbons (Fsp3) is 0.467. The molecule has 2 aromatic rings. The second-order valence-electron chi connectivity index (χ2n) is 5.02. The maximum atomic E-state index is 8.82. The Morgan fingerprint density at radius 3 is 2.60 bits per heavy atom. The van der Waals surface area contributed by atoms with Crippen LogP contribution in [0.4, 0.5) is 0 Å². The van der Waals surface area contributed by atoms with Gasteiger partial charge >= 0.3 is 0 Å². The Hall–Kier alpha value is -1.72. The van der Waals surface area contributed by atoms with Crippen molar-refractivity contribution in [3.63, 3.8) is 0 Å². The van der Waals surface area contributed by atoms with E-state index in [0.29, 0.717) is 6.04 Å². The quantitative estimate of drug-likeness (QED) is 0.785. The average molecular weight is 274 g/mol. The van der Waals surface area contributed by atoms with Gasteiger partial charge in [-0.15, -0.1) is 0 Å². The second kappa shape index (κ2) is 7.17. The van der Waals surface area contributed by atoms with E-state index in [-0.39, 0.29) is 6.61 Å². The third-order valence-electron chi connectivity index (χ3n) is 3.64. The molecule has 108 valence electrons. The van der Waals surface area contributed by atoms with Crippen molar-refractivity contribution in [2.24, 2.45) is 0 Å². The lowest BCUT2D eigenvalue weighted by Crippen LogP contribution is -2.23. The van der Waals surface area contributed by atoms with Gasteiger partial charge < -0.3 is 5.11 Å². The van der Waals surface area contributed by atoms with Gasteiger partial charge in [-0.1, -0.05) is 12.1 Å². The molecular formula is C15H22N4O. The van der Waals surface area contributed by atoms with E-state index in [9.17, 15) is 0 Å². The maximum Gasteiger partial charge on any atom is 0.138 e. The zero-order chi connectivity index (χ0) is 14.4. The van der Waals surface area contributed by atoms with E-state index in [2.05, 4.69) is 53.2 Å². The number of rotatable bonds is 7. The van der Waals surface area contributed by atoms with Gasteiger partial charge in [0.1, 0.15) is 12.7 Å². The van der Waals surface area contributed by atoms with Gasteiger partial charge in [0.2, 0.25) is 0 Å². The van der Waals surface area contributed by atoms with Gasteiger partial charge in [0.15, 0.2) is 0 Å². The molecule has 1 N–H and O–H groups in total. The van der Waals surface area contributed by atoms with Gasteiger partial charge in [-0.25, -0.2) is 9.67 Å². The average Bonchev–Trinajstić information content (AvgIpc) is 3.01. The van der Waals surface area contributed by atoms with Crippen LogP contribution in [0.1, 0.15) is 31.4 Å². The second-order valence-corrected chi connectivity index (χ2v) is 5.02. The predicted molar refractivity (Wildman–Crippen MR) is 78.7 cm³/mol. The topological polar surface area (TPSA) is 54.2 Å². The number of nitrogens with zero attached hydrogens (tertiary/aromatic N) is 4. The Kier molecular flexibility index (Phi) is 5.26. The van der Waals surface area contributed by atoms with Crippen LogP contribution in [-0.4, -0.2) is 45.0 Å². The first-order chi connectivity index (χ1) is 9.72. The Morgan fingerprint density at radius 2 is 2.00 bits per heavy atom. The van der Waals surface area contributed by atoms with Crippen molar-refractivity contribution in [1.29, 1.82) is 0 Å². The van der Waals surface area contributed by atoms with Crippen LogP contribution in [0.3, 0.4) is 0 Å². The summed E-state index contributed by atoms with van der Waals surface area (Å²) >= 11 is 0. The van der Waals surface area contributed by atoms with E-state index in [0.717, 1.165) is 25.1 Å². The zero-order valence-electron chi connectivity index (χ0n) is 12.1. The Bertz CT molecular complexity index is 495. The van der Waals surface area contributed by atoms with E-state index < -0.39 is 0 Å². The van der Waals surface area contributed by atoms with E-state index in [1.165, 1.54) is 11.9 Å². The lowest BCUT2D eigenvalue weighted by Gasteiger charge is -2.25. The monoisotopic (exact) mass is 274 g/mol. The van der Waals surface area contributed by atoms with Crippen LogP contribution < -0.4 is 0 Å². The summed E-state index contributed by atoms with van der Waals surface area (Å²) in [4.78, 5) is 6.26. The minimum absolute atomic E-state index is 0.273. The van der Waals surface area contributed by atoms with E-state index in [4.69, 9.17) is 5.11 Å². The third-order valence-corrected chi connectivity index (χ3v) is 3.64. The number of unbranched alkanes of at least 4 members (excludes halogenated alkanes) is 1. The van der Waals surface area contributed by atoms with E-state index in [1.54, 1.807) is 11.0 Å². The van der Waals surface area contributed by atoms with Gasteiger partial charge in [0.25, 0.3) is 0 Å². The van der Waals surface area contributed by atoms with Crippen LogP contribution in [-0.2, 0) is 0 Å². The van der Waals surface area contributed by atoms with E-state index >= 15 is 0 Å². The van der Waals surface area contributed by atoms with Gasteiger partial charge in [-0.05, 0) is 51.1 Å². The van der Waals surface area contributed by atoms with Crippen molar-refractivity contribution in [2.45, 2.75) is 25.8 Å². The highest BCUT2D eigenvalue weighted by Gasteiger charge is 2.11. The fourth-order valence-corrected chi connectivity index (χ4v) is 2.17. The number of hydrogen-bond donors (Lipinski definition) is 1. The van der Waals surface area contributed by atoms with Crippen molar-refractivity contribution >= 4 is 0 Å². The van der Waals surface area contributed by atoms with Gasteiger partial charge in [0.05, 0.1) is 5.69 Å². The molecule has 0 aliphatic heterocycles. The maximum absolute atomic E-state index is 8.82. The van der Waals surface area contributed by atoms with E-state index in [1.807, 2.05) is 0 Å². The van der Waals surface area contributed by atoms with Crippen molar-refractivity contribution in [3.8, 4) is 5.69 Å². The summed E-state index contributed by atoms with van der Waals surface area (Å²) in [5.74, 6) is 0. The Balaban J connectivity index is 1.98. The summed E-state index contributed by atoms with van der Waals surface area (Å²) < 4.78 is 1.75. The summed E-state index contributed by atoms with van der Waals surface area (Å²) in [5, 5.41) is 12.9. The molecule has 1 heterocycles. The molecule has 0 saturated heterocycles. The molecule has 5 nitrogen and oxygen atoms in total. The molecule has 0 aliphatic rings. The highest BCUT2D eigenvalue weighted by molar-refractivity contribution is 5.34. The van der Waals surface area contributed by atoms with Crippen molar-refractivity contribution in [2.75, 3.05) is 20.2 Å². The Labute approximate surface area is 119 Å². The van der Waals surface area contributed by atoms with Gasteiger partial charge in [-0.3, -0.25) is 4.90 Å². The van der Waals surface area contributed by atoms with Crippen molar-refractivity contribution in [1.82, 2.24) is 19.7 Å². The molecule has 0 aliphatic carbocycles. The lowest BCUT2D eigenvalue weighted by molar-refractivity contribution is 0.234. The minimum Gasteiger partial charge on any atom is -0.396 e. The summed E-state index contributed by atoms with van der Waals surface area (Å²) in [6.07, 6.45) is 5.11. The largest absolute Gasteiger partial charge is 0.396 e. The molecule has 5 heteroatoms. The summed E-state index contributed by atoms with van der Waals surface area (Å²) in [6, 6.07) is 8.73. The van der Waals surface area contributed by atoms with Gasteiger partial charge in [-0.2, -0.15) is 5.10 Å². The molecule has 0 fully saturated rings. The molecule has 1 atom stereocenters. The predicted octanol–water partition coefficient (Wildman–Crippen LogP) is 2.03. The van der Waals surface area contributed by atoms with Crippen LogP contribution in [0.25, 0.3) is 5.69 Å². The standard InChI is InChI=1S/C15H22N4O/c1-13(18(2)9-3-4-10-20)14-5-7-15(8-6-14)19-12-16-11-17-19/h5-8,11-13,20H,3-4,9-10H2,1-2H3. The molecule has 20 heavy (non-hydrogen) atoms. The highest BCUT2D eigenvalue weighted by atomic mass is 16.2. The lowest BCUT2D eigenvalue weighted by atomic mass is 10.1. The SMILES string of the molecule is CC(c1ccc(-n2cncn2)cc1)N(C)CCCCO. The minimum atomic E-state index is 0.273. The first-order valence-corrected chi connectivity index (χ1v) is 6.98. The molecule has 0 spiro atoms. The van der Waals surface area contributed by atoms with Crippen molar-refractivity contribution < 1.29 is 5.11 Å². The smallest absolute Gasteiger partial charge is 0.138 e. The molecule has 2 rings (SSSR count). The fourth-order valence-electron chi connectivity index (χ4n) is 2.17. The van der Waals surface area contributed by atoms with Crippen LogP contribution in [0.5, 0.6) is 0 Å². The van der Waals surface area contributed by atoms with Crippen LogP contribution in [0.2, 0.25) is 0 Å². The molecule has 0 amide bonds.